The van der Waals surface area contributed by atoms with E-state index in [2.05, 4.69) is 10.3 Å². The van der Waals surface area contributed by atoms with Crippen LogP contribution >= 0.6 is 0 Å². The minimum atomic E-state index is -0.557. The summed E-state index contributed by atoms with van der Waals surface area (Å²) in [5.74, 6) is -0.705. The van der Waals surface area contributed by atoms with Crippen molar-refractivity contribution in [1.29, 1.82) is 0 Å². The van der Waals surface area contributed by atoms with E-state index in [1.807, 2.05) is 30.3 Å². The topological polar surface area (TPSA) is 85.1 Å². The van der Waals surface area contributed by atoms with Gasteiger partial charge in [-0.15, -0.1) is 0 Å². The average Bonchev–Trinajstić information content (AvgIpc) is 2.48. The van der Waals surface area contributed by atoms with Crippen molar-refractivity contribution in [3.63, 3.8) is 0 Å². The zero-order valence-corrected chi connectivity index (χ0v) is 11.5. The third-order valence-corrected chi connectivity index (χ3v) is 2.89. The van der Waals surface area contributed by atoms with E-state index in [1.165, 1.54) is 6.20 Å². The molecule has 1 aromatic heterocycles. The van der Waals surface area contributed by atoms with Crippen LogP contribution in [0.1, 0.15) is 21.6 Å². The summed E-state index contributed by atoms with van der Waals surface area (Å²) in [4.78, 5) is 26.6. The fourth-order valence-electron chi connectivity index (χ4n) is 1.85. The molecule has 1 aromatic carbocycles. The molecule has 0 fully saturated rings. The van der Waals surface area contributed by atoms with Crippen molar-refractivity contribution in [1.82, 2.24) is 10.3 Å². The maximum absolute atomic E-state index is 11.7. The van der Waals surface area contributed by atoms with Gasteiger partial charge in [-0.25, -0.2) is 0 Å². The summed E-state index contributed by atoms with van der Waals surface area (Å²) in [7, 11) is 0. The number of nitrogens with one attached hydrogen (secondary N) is 1. The molecule has 5 nitrogen and oxygen atoms in total. The Morgan fingerprint density at radius 2 is 1.95 bits per heavy atom. The van der Waals surface area contributed by atoms with E-state index < -0.39 is 5.91 Å². The third kappa shape index (κ3) is 4.72. The van der Waals surface area contributed by atoms with Gasteiger partial charge in [-0.2, -0.15) is 0 Å². The average molecular weight is 282 g/mol. The molecule has 2 aromatic rings. The van der Waals surface area contributed by atoms with Gasteiger partial charge in [-0.3, -0.25) is 14.6 Å². The largest absolute Gasteiger partial charge is 0.364 e. The van der Waals surface area contributed by atoms with Crippen LogP contribution in [-0.2, 0) is 11.2 Å². The van der Waals surface area contributed by atoms with Crippen molar-refractivity contribution in [3.8, 4) is 0 Å². The number of nitrogens with two attached hydrogens (primary N) is 1. The fraction of sp³-hybridized carbons (Fsp3) is 0.125. The van der Waals surface area contributed by atoms with Gasteiger partial charge in [-0.05, 0) is 29.7 Å². The molecule has 21 heavy (non-hydrogen) atoms. The molecule has 2 amide bonds. The molecule has 0 unspecified atom stereocenters. The van der Waals surface area contributed by atoms with Gasteiger partial charge < -0.3 is 11.1 Å². The van der Waals surface area contributed by atoms with Gasteiger partial charge in [0.05, 0.1) is 6.42 Å². The fourth-order valence-corrected chi connectivity index (χ4v) is 1.85. The van der Waals surface area contributed by atoms with E-state index in [1.54, 1.807) is 18.6 Å². The first-order valence-electron chi connectivity index (χ1n) is 6.57. The summed E-state index contributed by atoms with van der Waals surface area (Å²) >= 11 is 0. The van der Waals surface area contributed by atoms with E-state index in [4.69, 9.17) is 5.73 Å². The van der Waals surface area contributed by atoms with Crippen molar-refractivity contribution in [2.24, 2.45) is 5.73 Å². The molecule has 2 rings (SSSR count). The van der Waals surface area contributed by atoms with Gasteiger partial charge in [0.25, 0.3) is 5.91 Å². The van der Waals surface area contributed by atoms with Crippen LogP contribution in [0.5, 0.6) is 0 Å². The Labute approximate surface area is 123 Å². The first kappa shape index (κ1) is 14.7. The molecule has 0 aliphatic rings. The van der Waals surface area contributed by atoms with Gasteiger partial charge in [0.1, 0.15) is 5.69 Å². The van der Waals surface area contributed by atoms with Gasteiger partial charge >= 0.3 is 0 Å². The molecule has 107 valence electrons. The molecule has 0 saturated heterocycles. The number of amides is 2. The molecule has 3 N–H and O–H groups in total. The number of carbonyl (C=O) groups excluding carboxylic acids is 2. The highest BCUT2D eigenvalue weighted by Gasteiger charge is 2.05. The lowest BCUT2D eigenvalue weighted by Crippen LogP contribution is -2.26. The number of rotatable bonds is 6. The second-order valence-corrected chi connectivity index (χ2v) is 4.51. The van der Waals surface area contributed by atoms with Crippen LogP contribution in [0, 0.1) is 6.42 Å². The monoisotopic (exact) mass is 282 g/mol. The molecule has 0 bridgehead atoms. The van der Waals surface area contributed by atoms with E-state index in [-0.39, 0.29) is 11.6 Å². The van der Waals surface area contributed by atoms with E-state index in [0.29, 0.717) is 13.0 Å². The number of hydrogen-bond donors (Lipinski definition) is 2. The number of benzene rings is 1. The van der Waals surface area contributed by atoms with Crippen molar-refractivity contribution < 1.29 is 9.59 Å². The summed E-state index contributed by atoms with van der Waals surface area (Å²) in [5, 5.41) is 2.80. The SMILES string of the molecule is NC(=O)c1cc(CCNC(=O)[CH]c2ccccc2)ccn1. The zero-order chi connectivity index (χ0) is 15.1. The number of aromatic nitrogens is 1. The highest BCUT2D eigenvalue weighted by Crippen LogP contribution is 2.03. The minimum absolute atomic E-state index is 0.148. The number of pyridine rings is 1. The van der Waals surface area contributed by atoms with Crippen molar-refractivity contribution in [3.05, 3.63) is 71.9 Å². The van der Waals surface area contributed by atoms with E-state index in [0.717, 1.165) is 11.1 Å². The summed E-state index contributed by atoms with van der Waals surface area (Å²) in [6.07, 6.45) is 3.69. The number of nitrogens with zero attached hydrogens (tertiary/aromatic N) is 1. The molecule has 0 spiro atoms. The zero-order valence-electron chi connectivity index (χ0n) is 11.5. The van der Waals surface area contributed by atoms with E-state index in [9.17, 15) is 9.59 Å². The Bertz CT molecular complexity index is 626. The van der Waals surface area contributed by atoms with Gasteiger partial charge in [0.2, 0.25) is 5.91 Å². The molecule has 0 aliphatic heterocycles. The second kappa shape index (κ2) is 7.19. The van der Waals surface area contributed by atoms with Crippen molar-refractivity contribution in [2.75, 3.05) is 6.54 Å². The van der Waals surface area contributed by atoms with Crippen molar-refractivity contribution >= 4 is 11.8 Å². The lowest BCUT2D eigenvalue weighted by molar-refractivity contribution is -0.117. The molecular weight excluding hydrogens is 266 g/mol. The van der Waals surface area contributed by atoms with Gasteiger partial charge in [-0.1, -0.05) is 30.3 Å². The summed E-state index contributed by atoms with van der Waals surface area (Å²) in [5.41, 5.74) is 7.16. The number of carbonyl (C=O) groups is 2. The first-order valence-corrected chi connectivity index (χ1v) is 6.57. The van der Waals surface area contributed by atoms with Crippen LogP contribution in [0.2, 0.25) is 0 Å². The molecular formula is C16H16N3O2. The van der Waals surface area contributed by atoms with Crippen molar-refractivity contribution in [2.45, 2.75) is 6.42 Å². The molecule has 0 saturated carbocycles. The molecule has 0 atom stereocenters. The van der Waals surface area contributed by atoms with Crippen LogP contribution in [0.4, 0.5) is 0 Å². The standard InChI is InChI=1S/C16H16N3O2/c17-16(21)14-10-13(6-8-18-14)7-9-19-15(20)11-12-4-2-1-3-5-12/h1-6,8,10-11H,7,9H2,(H2,17,21)(H,19,20). The number of hydrogen-bond acceptors (Lipinski definition) is 3. The van der Waals surface area contributed by atoms with Gasteiger partial charge in [0, 0.05) is 12.7 Å². The van der Waals surface area contributed by atoms with Gasteiger partial charge in [0.15, 0.2) is 0 Å². The first-order chi connectivity index (χ1) is 10.1. The minimum Gasteiger partial charge on any atom is -0.364 e. The lowest BCUT2D eigenvalue weighted by atomic mass is 10.1. The summed E-state index contributed by atoms with van der Waals surface area (Å²) in [6, 6.07) is 12.8. The number of primary amides is 1. The quantitative estimate of drug-likeness (QED) is 0.831. The molecule has 0 aliphatic carbocycles. The Kier molecular flexibility index (Phi) is 5.04. The Hall–Kier alpha value is -2.69. The summed E-state index contributed by atoms with van der Waals surface area (Å²) in [6.45, 7) is 0.477. The molecule has 1 heterocycles. The van der Waals surface area contributed by atoms with Crippen LogP contribution in [-0.4, -0.2) is 23.3 Å². The Morgan fingerprint density at radius 1 is 1.19 bits per heavy atom. The summed E-state index contributed by atoms with van der Waals surface area (Å²) < 4.78 is 0. The van der Waals surface area contributed by atoms with Crippen LogP contribution in [0.25, 0.3) is 0 Å². The van der Waals surface area contributed by atoms with Crippen LogP contribution < -0.4 is 11.1 Å². The highest BCUT2D eigenvalue weighted by atomic mass is 16.2. The normalized spacial score (nSPS) is 10.1. The Balaban J connectivity index is 1.80. The smallest absolute Gasteiger partial charge is 0.267 e. The maximum atomic E-state index is 11.7. The lowest BCUT2D eigenvalue weighted by Gasteiger charge is -2.06. The van der Waals surface area contributed by atoms with Crippen LogP contribution in [0.3, 0.4) is 0 Å². The molecule has 1 radical (unpaired) electrons. The second-order valence-electron chi connectivity index (χ2n) is 4.51. The predicted octanol–water partition coefficient (Wildman–Crippen LogP) is 1.09. The van der Waals surface area contributed by atoms with Crippen LogP contribution in [0.15, 0.2) is 48.7 Å². The third-order valence-electron chi connectivity index (χ3n) is 2.89. The van der Waals surface area contributed by atoms with E-state index >= 15 is 0 Å². The highest BCUT2D eigenvalue weighted by molar-refractivity contribution is 5.90. The molecule has 5 heteroatoms. The Morgan fingerprint density at radius 3 is 2.67 bits per heavy atom. The predicted molar refractivity (Wildman–Crippen MR) is 79.3 cm³/mol. The maximum Gasteiger partial charge on any atom is 0.267 e.